The predicted molar refractivity (Wildman–Crippen MR) is 121 cm³/mol. The average molecular weight is 438 g/mol. The van der Waals surface area contributed by atoms with Crippen LogP contribution in [0.4, 0.5) is 11.6 Å². The number of rotatable bonds is 4. The van der Waals surface area contributed by atoms with Gasteiger partial charge in [-0.25, -0.2) is 14.8 Å². The second-order valence-corrected chi connectivity index (χ2v) is 9.45. The fraction of sp³-hybridized carbons (Fsp3) is 0.542. The van der Waals surface area contributed by atoms with Crippen molar-refractivity contribution >= 4 is 17.6 Å². The first-order valence-corrected chi connectivity index (χ1v) is 11.5. The highest BCUT2D eigenvalue weighted by Gasteiger charge is 2.38. The lowest BCUT2D eigenvalue weighted by molar-refractivity contribution is 0.0447. The van der Waals surface area contributed by atoms with Crippen LogP contribution in [0.25, 0.3) is 0 Å². The maximum atomic E-state index is 11.8. The number of nitrogen functional groups attached to an aromatic ring is 1. The highest BCUT2D eigenvalue weighted by atomic mass is 16.5. The van der Waals surface area contributed by atoms with Gasteiger partial charge >= 0.3 is 5.97 Å². The summed E-state index contributed by atoms with van der Waals surface area (Å²) in [7, 11) is 0. The standard InChI is InChI=1S/C24H31N5O3/c1-16-17(2-3-18-19(16)15-32-23(18)31)20(30)14-28-10-4-24(5-11-28)6-12-29(13-7-24)22-21(25)26-8-9-27-22/h2-3,8-9,20,30H,4-7,10-15H2,1H3,(H2,25,26)/t20-/m0/s1. The molecule has 1 spiro atoms. The van der Waals surface area contributed by atoms with E-state index in [2.05, 4.69) is 19.8 Å². The highest BCUT2D eigenvalue weighted by molar-refractivity contribution is 5.93. The minimum Gasteiger partial charge on any atom is -0.457 e. The van der Waals surface area contributed by atoms with Crippen LogP contribution in [-0.2, 0) is 11.3 Å². The summed E-state index contributed by atoms with van der Waals surface area (Å²) < 4.78 is 5.15. The number of hydrogen-bond acceptors (Lipinski definition) is 8. The monoisotopic (exact) mass is 437 g/mol. The number of ether oxygens (including phenoxy) is 1. The van der Waals surface area contributed by atoms with Crippen LogP contribution in [0.15, 0.2) is 24.5 Å². The molecule has 2 saturated heterocycles. The third-order valence-corrected chi connectivity index (χ3v) is 7.74. The minimum absolute atomic E-state index is 0.265. The van der Waals surface area contributed by atoms with E-state index >= 15 is 0 Å². The summed E-state index contributed by atoms with van der Waals surface area (Å²) >= 11 is 0. The summed E-state index contributed by atoms with van der Waals surface area (Å²) in [5.74, 6) is 1.04. The van der Waals surface area contributed by atoms with Crippen LogP contribution < -0.4 is 10.6 Å². The lowest BCUT2D eigenvalue weighted by Crippen LogP contribution is -2.47. The lowest BCUT2D eigenvalue weighted by Gasteiger charge is -2.47. The topological polar surface area (TPSA) is 105 Å². The smallest absolute Gasteiger partial charge is 0.338 e. The zero-order chi connectivity index (χ0) is 22.3. The number of carbonyl (C=O) groups excluding carboxylic acids is 1. The van der Waals surface area contributed by atoms with Crippen LogP contribution in [0.5, 0.6) is 0 Å². The van der Waals surface area contributed by atoms with Gasteiger partial charge in [-0.15, -0.1) is 0 Å². The number of cyclic esters (lactones) is 1. The van der Waals surface area contributed by atoms with Gasteiger partial charge in [-0.05, 0) is 68.3 Å². The highest BCUT2D eigenvalue weighted by Crippen LogP contribution is 2.42. The van der Waals surface area contributed by atoms with Gasteiger partial charge in [-0.3, -0.25) is 0 Å². The molecule has 3 N–H and O–H groups in total. The van der Waals surface area contributed by atoms with Crippen molar-refractivity contribution in [3.8, 4) is 0 Å². The number of likely N-dealkylation sites (tertiary alicyclic amines) is 1. The first kappa shape index (κ1) is 21.2. The predicted octanol–water partition coefficient (Wildman–Crippen LogP) is 2.45. The summed E-state index contributed by atoms with van der Waals surface area (Å²) in [5.41, 5.74) is 9.81. The molecule has 0 amide bonds. The number of aliphatic hydroxyl groups excluding tert-OH is 1. The van der Waals surface area contributed by atoms with Crippen LogP contribution in [0.2, 0.25) is 0 Å². The van der Waals surface area contributed by atoms with Crippen LogP contribution in [0.3, 0.4) is 0 Å². The van der Waals surface area contributed by atoms with Crippen LogP contribution >= 0.6 is 0 Å². The Morgan fingerprint density at radius 1 is 1.12 bits per heavy atom. The third-order valence-electron chi connectivity index (χ3n) is 7.74. The number of benzene rings is 1. The Labute approximate surface area is 188 Å². The van der Waals surface area contributed by atoms with E-state index in [1.54, 1.807) is 18.5 Å². The number of nitrogens with zero attached hydrogens (tertiary/aromatic N) is 4. The van der Waals surface area contributed by atoms with Gasteiger partial charge in [0.1, 0.15) is 6.61 Å². The SMILES string of the molecule is Cc1c([C@@H](O)CN2CCC3(CC2)CCN(c2nccnc2N)CC3)ccc2c1COC2=O. The molecule has 170 valence electrons. The number of aromatic nitrogens is 2. The molecule has 3 aliphatic heterocycles. The summed E-state index contributed by atoms with van der Waals surface area (Å²) in [6.07, 6.45) is 7.34. The molecule has 5 rings (SSSR count). The second-order valence-electron chi connectivity index (χ2n) is 9.45. The van der Waals surface area contributed by atoms with Crippen molar-refractivity contribution in [3.05, 3.63) is 46.8 Å². The summed E-state index contributed by atoms with van der Waals surface area (Å²) in [6, 6.07) is 3.67. The Bertz CT molecular complexity index is 1010. The molecule has 8 heteroatoms. The van der Waals surface area contributed by atoms with Gasteiger partial charge in [0.05, 0.1) is 11.7 Å². The van der Waals surface area contributed by atoms with Crippen molar-refractivity contribution in [2.75, 3.05) is 43.4 Å². The normalized spacial score (nSPS) is 21.4. The van der Waals surface area contributed by atoms with Gasteiger partial charge in [-0.1, -0.05) is 6.07 Å². The zero-order valence-corrected chi connectivity index (χ0v) is 18.6. The maximum Gasteiger partial charge on any atom is 0.338 e. The van der Waals surface area contributed by atoms with Crippen molar-refractivity contribution in [1.82, 2.24) is 14.9 Å². The van der Waals surface area contributed by atoms with Crippen LogP contribution in [-0.4, -0.2) is 58.7 Å². The van der Waals surface area contributed by atoms with Gasteiger partial charge < -0.3 is 25.4 Å². The average Bonchev–Trinajstić information content (AvgIpc) is 3.18. The molecule has 0 saturated carbocycles. The Morgan fingerprint density at radius 3 is 2.53 bits per heavy atom. The number of aliphatic hydroxyl groups is 1. The van der Waals surface area contributed by atoms with Crippen molar-refractivity contribution in [2.24, 2.45) is 5.41 Å². The summed E-state index contributed by atoms with van der Waals surface area (Å²) in [6.45, 7) is 6.81. The van der Waals surface area contributed by atoms with Gasteiger partial charge in [0, 0.05) is 37.6 Å². The molecule has 1 atom stereocenters. The van der Waals surface area contributed by atoms with Gasteiger partial charge in [0.2, 0.25) is 0 Å². The number of anilines is 2. The van der Waals surface area contributed by atoms with Crippen molar-refractivity contribution in [1.29, 1.82) is 0 Å². The van der Waals surface area contributed by atoms with E-state index in [9.17, 15) is 9.90 Å². The molecule has 0 unspecified atom stereocenters. The van der Waals surface area contributed by atoms with Crippen LogP contribution in [0.1, 0.15) is 58.8 Å². The van der Waals surface area contributed by atoms with E-state index in [4.69, 9.17) is 10.5 Å². The van der Waals surface area contributed by atoms with Gasteiger partial charge in [0.15, 0.2) is 11.6 Å². The minimum atomic E-state index is -0.563. The number of esters is 1. The number of carbonyl (C=O) groups is 1. The molecule has 3 aliphatic rings. The molecule has 32 heavy (non-hydrogen) atoms. The van der Waals surface area contributed by atoms with Crippen LogP contribution in [0, 0.1) is 12.3 Å². The number of hydrogen-bond donors (Lipinski definition) is 2. The van der Waals surface area contributed by atoms with Crippen molar-refractivity contribution in [3.63, 3.8) is 0 Å². The van der Waals surface area contributed by atoms with E-state index in [0.717, 1.165) is 74.4 Å². The molecule has 0 aliphatic carbocycles. The fourth-order valence-electron chi connectivity index (χ4n) is 5.56. The Hall–Kier alpha value is -2.71. The molecule has 2 aromatic rings. The molecule has 0 radical (unpaired) electrons. The zero-order valence-electron chi connectivity index (χ0n) is 18.6. The molecule has 1 aromatic carbocycles. The van der Waals surface area contributed by atoms with Crippen molar-refractivity contribution in [2.45, 2.75) is 45.3 Å². The van der Waals surface area contributed by atoms with E-state index in [1.807, 2.05) is 13.0 Å². The summed E-state index contributed by atoms with van der Waals surface area (Å²) in [5, 5.41) is 10.9. The quantitative estimate of drug-likeness (QED) is 0.703. The number of β-amino-alcohol motifs (C(OH)–C–C–N with tert-alkyl or cyclic N) is 1. The van der Waals surface area contributed by atoms with Gasteiger partial charge in [-0.2, -0.15) is 0 Å². The molecule has 0 bridgehead atoms. The molecule has 4 heterocycles. The first-order chi connectivity index (χ1) is 15.5. The largest absolute Gasteiger partial charge is 0.457 e. The Morgan fingerprint density at radius 2 is 1.81 bits per heavy atom. The van der Waals surface area contributed by atoms with E-state index in [-0.39, 0.29) is 5.97 Å². The van der Waals surface area contributed by atoms with Crippen molar-refractivity contribution < 1.29 is 14.6 Å². The molecule has 2 fully saturated rings. The van der Waals surface area contributed by atoms with E-state index in [1.165, 1.54) is 0 Å². The van der Waals surface area contributed by atoms with Gasteiger partial charge in [0.25, 0.3) is 0 Å². The third kappa shape index (κ3) is 3.82. The molecule has 8 nitrogen and oxygen atoms in total. The number of fused-ring (bicyclic) bond motifs is 1. The molecular formula is C24H31N5O3. The Kier molecular flexibility index (Phi) is 5.51. The molecular weight excluding hydrogens is 406 g/mol. The number of nitrogens with two attached hydrogens (primary N) is 1. The fourth-order valence-corrected chi connectivity index (χ4v) is 5.56. The number of piperidine rings is 2. The van der Waals surface area contributed by atoms with E-state index in [0.29, 0.717) is 29.9 Å². The lowest BCUT2D eigenvalue weighted by atomic mass is 9.71. The maximum absolute atomic E-state index is 11.8. The van der Waals surface area contributed by atoms with E-state index < -0.39 is 6.10 Å². The summed E-state index contributed by atoms with van der Waals surface area (Å²) in [4.78, 5) is 25.0. The molecule has 1 aromatic heterocycles. The Balaban J connectivity index is 1.16. The second kappa shape index (κ2) is 8.33. The first-order valence-electron chi connectivity index (χ1n) is 11.5.